The number of Topliss-reactive ketones (excluding diaryl/α,β-unsaturated/α-hetero) is 1. The minimum absolute atomic E-state index is 0.00758. The summed E-state index contributed by atoms with van der Waals surface area (Å²) in [6.07, 6.45) is 6.36. The number of nitrogens with two attached hydrogens (primary N) is 2. The number of aromatic nitrogens is 8. The van der Waals surface area contributed by atoms with Crippen molar-refractivity contribution in [1.29, 1.82) is 0 Å². The molecule has 0 bridgehead atoms. The van der Waals surface area contributed by atoms with E-state index in [4.69, 9.17) is 26.3 Å². The summed E-state index contributed by atoms with van der Waals surface area (Å²) in [4.78, 5) is 241. The lowest BCUT2D eigenvalue weighted by atomic mass is 9.90. The van der Waals surface area contributed by atoms with E-state index in [1.165, 1.54) is 39.7 Å². The lowest BCUT2D eigenvalue weighted by Gasteiger charge is -2.33. The lowest BCUT2D eigenvalue weighted by Crippen LogP contribution is -2.60. The van der Waals surface area contributed by atoms with Crippen molar-refractivity contribution in [2.75, 3.05) is 33.2 Å². The maximum absolute atomic E-state index is 15.2. The van der Waals surface area contributed by atoms with Crippen LogP contribution in [0.2, 0.25) is 0 Å². The first-order chi connectivity index (χ1) is 71.6. The number of primary amides is 2. The molecule has 4 saturated heterocycles. The summed E-state index contributed by atoms with van der Waals surface area (Å²) in [5.74, 6) is -11.8. The highest BCUT2D eigenvalue weighted by atomic mass is 79.9. The van der Waals surface area contributed by atoms with Crippen molar-refractivity contribution in [2.45, 2.75) is 249 Å². The van der Waals surface area contributed by atoms with Crippen LogP contribution in [0.3, 0.4) is 0 Å². The molecule has 18 N–H and O–H groups in total. The standard InChI is InChI=1S/C51H66BrN11O10.C48H58N12O8S.C4H5BO2S/c1-8-29(2)45-49(71)61-27-34(63-28-39(59-60-63)31-16-18-33(52)19-17-31)24-41(61)48(70)57-37(23-32-26-62(50(72)73-51(4,5)6)40-15-10-9-13-35(32)40)46(68)56-36(30(3)64)14-11-12-22-54-42(65)20-21-43(66)55-38(47(69)58-45)25-44(67)53-7;1-3-27(2)43-48(68)59-25-31(60-26-37(57-58-60)28-13-15-29(16-14-28)39-12-8-20-69-39)22-38(59)47(67)55-35(21-30-24-52-33-10-5-4-9-32(30)33)45(65)54-34(44(50)64)11-6-7-19-51-41(62)17-18-42(63)53-36(23-40(49)61)46(66)56-43;6-5(7)4-2-1-3-8-4/h9-10,13,15-19,26,28-29,34,36-38,41,45H,8,11-12,14,20-25,27H2,1-7H3,(H,53,67)(H,54,65)(H,55,66)(H,56,68)(H,57,70)(H,58,69);4-5,8-10,12-16,20,24,26-27,31,34-36,38,43,52H,3,6-7,11,17-19,21-23,25H2,1-2H3,(H2,49,61)(H2,50,64)(H,51,62)(H,53,63)(H,54,65)(H,55,67)(H,56,66);1-3,6-7H/t29-,34-,36-,37-,38-,41-,45-;27-,31-,34-,35-,36-,38-,43-;/m00./s1. The van der Waals surface area contributed by atoms with Crippen molar-refractivity contribution < 1.29 is 96.3 Å². The number of fused-ring (bicyclic) bond motifs is 4. The van der Waals surface area contributed by atoms with Gasteiger partial charge in [-0.05, 0) is 136 Å². The summed E-state index contributed by atoms with van der Waals surface area (Å²) in [6, 6.07) is 23.2. The molecule has 10 aromatic rings. The average molecular weight is 2160 g/mol. The number of para-hydroxylation sites is 2. The molecule has 0 unspecified atom stereocenters. The fourth-order valence-electron chi connectivity index (χ4n) is 18.0. The molecule has 14 rings (SSSR count). The van der Waals surface area contributed by atoms with E-state index in [1.54, 1.807) is 122 Å². The molecule has 0 saturated carbocycles. The van der Waals surface area contributed by atoms with Gasteiger partial charge in [0, 0.05) is 139 Å². The van der Waals surface area contributed by atoms with Gasteiger partial charge in [0.05, 0.1) is 48.9 Å². The van der Waals surface area contributed by atoms with Crippen molar-refractivity contribution in [3.63, 3.8) is 0 Å². The maximum Gasteiger partial charge on any atom is 0.499 e. The zero-order chi connectivity index (χ0) is 108. The van der Waals surface area contributed by atoms with Crippen LogP contribution in [0, 0.1) is 11.8 Å². The SMILES string of the molecule is CC[C@H](C)[C@@H]1NC(=O)[C@H](CC(=O)NC)NC(=O)CCC(=O)NCCCC[C@@H](C(C)=O)NC(=O)[C@H](Cc2cn(C(=O)OC(C)(C)C)c3ccccc23)NC(=O)[C@@H]2C[C@H](n3cc(-c4ccc(Br)cc4)nn3)CN2C1=O.CC[C@H](C)[C@@H]1NC(=O)[C@H](CC(N)=O)NC(=O)CCC(=O)NCCCC[C@@H](C(N)=O)NC(=O)[C@H](Cc2c[nH]c3ccccc23)NC(=O)[C@@H]2C[C@H](n3cc(-c4ccc(-c5cccs5)cc4)nn3)CN2C1=O.OB(O)c1cccs1. The number of thiophene rings is 2. The minimum Gasteiger partial charge on any atom is -0.443 e. The second kappa shape index (κ2) is 53.4. The van der Waals surface area contributed by atoms with Crippen LogP contribution in [0.4, 0.5) is 4.79 Å². The lowest BCUT2D eigenvalue weighted by molar-refractivity contribution is -0.144. The molecule has 798 valence electrons. The largest absolute Gasteiger partial charge is 0.499 e. The monoisotopic (exact) mass is 2160 g/mol. The second-order valence-electron chi connectivity index (χ2n) is 38.7. The van der Waals surface area contributed by atoms with Gasteiger partial charge < -0.3 is 99.5 Å². The number of carbonyl (C=O) groups is 17. The van der Waals surface area contributed by atoms with E-state index < -0.39 is 205 Å². The molecular weight excluding hydrogens is 2030 g/mol. The second-order valence-corrected chi connectivity index (χ2v) is 41.5. The molecule has 0 radical (unpaired) electrons. The fraction of sp³-hybridized carbons (Fsp3) is 0.447. The number of H-pyrrole nitrogens is 1. The summed E-state index contributed by atoms with van der Waals surface area (Å²) in [5.41, 5.74) is 16.6. The molecule has 4 aliphatic rings. The predicted octanol–water partition coefficient (Wildman–Crippen LogP) is 5.01. The topological polar surface area (TPSA) is 613 Å². The molecule has 43 nitrogen and oxygen atoms in total. The molecule has 0 aliphatic carbocycles. The Kier molecular flexibility index (Phi) is 40.6. The Labute approximate surface area is 882 Å². The highest BCUT2D eigenvalue weighted by Crippen LogP contribution is 2.36. The van der Waals surface area contributed by atoms with E-state index in [2.05, 4.69) is 100 Å². The number of ether oxygens (including phenoxy) is 1. The van der Waals surface area contributed by atoms with Crippen LogP contribution in [0.5, 0.6) is 0 Å². The van der Waals surface area contributed by atoms with Crippen molar-refractivity contribution >= 4 is 173 Å². The smallest absolute Gasteiger partial charge is 0.443 e. The van der Waals surface area contributed by atoms with Crippen molar-refractivity contribution in [1.82, 2.24) is 108 Å². The quantitative estimate of drug-likeness (QED) is 0.0446. The third-order valence-electron chi connectivity index (χ3n) is 26.6. The molecule has 15 amide bonds. The van der Waals surface area contributed by atoms with Crippen molar-refractivity contribution in [3.05, 3.63) is 172 Å². The number of ketones is 1. The number of nitrogens with zero attached hydrogens (tertiary/aromatic N) is 9. The first-order valence-electron chi connectivity index (χ1n) is 50.0. The number of carbonyl (C=O) groups excluding carboxylic acids is 17. The molecule has 47 heteroatoms. The number of hydrogen-bond acceptors (Lipinski definition) is 26. The predicted molar refractivity (Wildman–Crippen MR) is 563 cm³/mol. The first-order valence-corrected chi connectivity index (χ1v) is 52.5. The number of amides is 15. The van der Waals surface area contributed by atoms with Crippen LogP contribution in [0.25, 0.3) is 54.8 Å². The highest BCUT2D eigenvalue weighted by molar-refractivity contribution is 9.10. The van der Waals surface area contributed by atoms with Crippen LogP contribution < -0.4 is 74.7 Å². The molecule has 14 atom stereocenters. The summed E-state index contributed by atoms with van der Waals surface area (Å²) >= 11 is 6.41. The van der Waals surface area contributed by atoms with Gasteiger partial charge in [-0.15, -0.1) is 21.5 Å². The van der Waals surface area contributed by atoms with E-state index in [9.17, 15) is 67.1 Å². The zero-order valence-electron chi connectivity index (χ0n) is 84.8. The zero-order valence-corrected chi connectivity index (χ0v) is 88.1. The number of rotatable bonds is 20. The Morgan fingerprint density at radius 2 is 1.01 bits per heavy atom. The highest BCUT2D eigenvalue weighted by Gasteiger charge is 2.49. The normalized spacial score (nSPS) is 22.3. The minimum atomic E-state index is -1.49. The van der Waals surface area contributed by atoms with Gasteiger partial charge in [-0.3, -0.25) is 81.3 Å². The molecule has 150 heavy (non-hydrogen) atoms. The molecule has 6 aromatic heterocycles. The van der Waals surface area contributed by atoms with E-state index in [0.29, 0.717) is 76.7 Å². The van der Waals surface area contributed by atoms with E-state index in [-0.39, 0.29) is 96.2 Å². The summed E-state index contributed by atoms with van der Waals surface area (Å²) < 4.78 is 11.7. The van der Waals surface area contributed by atoms with Gasteiger partial charge >= 0.3 is 13.2 Å². The molecular formula is C103H129BBrN23O20S2. The fourth-order valence-corrected chi connectivity index (χ4v) is 19.5. The number of hydrogen-bond donors (Lipinski definition) is 16. The van der Waals surface area contributed by atoms with Crippen LogP contribution in [0.15, 0.2) is 161 Å². The van der Waals surface area contributed by atoms with Crippen LogP contribution >= 0.6 is 38.6 Å². The summed E-state index contributed by atoms with van der Waals surface area (Å²) in [7, 11) is 0.0774. The van der Waals surface area contributed by atoms with Crippen molar-refractivity contribution in [3.8, 4) is 33.0 Å². The van der Waals surface area contributed by atoms with Crippen molar-refractivity contribution in [2.24, 2.45) is 23.3 Å². The Bertz CT molecular complexity index is 6470. The van der Waals surface area contributed by atoms with Gasteiger partial charge in [0.2, 0.25) is 88.6 Å². The number of halogens is 1. The average Bonchev–Trinajstić information content (AvgIpc) is 1.64. The molecule has 10 heterocycles. The summed E-state index contributed by atoms with van der Waals surface area (Å²) in [6.45, 7) is 13.9. The van der Waals surface area contributed by atoms with Gasteiger partial charge in [0.1, 0.15) is 71.4 Å². The molecule has 4 aliphatic heterocycles. The van der Waals surface area contributed by atoms with Gasteiger partial charge in [-0.2, -0.15) is 11.3 Å². The third kappa shape index (κ3) is 31.2. The van der Waals surface area contributed by atoms with Crippen LogP contribution in [-0.2, 0) is 94.3 Å². The van der Waals surface area contributed by atoms with E-state index in [1.807, 2.05) is 104 Å². The van der Waals surface area contributed by atoms with Gasteiger partial charge in [0.15, 0.2) is 5.78 Å². The van der Waals surface area contributed by atoms with Crippen LogP contribution in [-0.4, -0.2) is 266 Å². The van der Waals surface area contributed by atoms with E-state index in [0.717, 1.165) is 36.9 Å². The van der Waals surface area contributed by atoms with E-state index >= 15 is 14.4 Å². The van der Waals surface area contributed by atoms with Gasteiger partial charge in [-0.1, -0.05) is 158 Å². The number of nitrogens with one attached hydrogen (secondary N) is 12. The first kappa shape index (κ1) is 114. The Morgan fingerprint density at radius 3 is 1.49 bits per heavy atom. The number of aromatic amines is 1. The number of benzene rings is 4. The van der Waals surface area contributed by atoms with Gasteiger partial charge in [-0.25, -0.2) is 14.2 Å². The van der Waals surface area contributed by atoms with Gasteiger partial charge in [0.25, 0.3) is 0 Å². The maximum atomic E-state index is 15.2. The molecule has 4 fully saturated rings. The molecule has 4 aromatic carbocycles. The molecule has 0 spiro atoms. The Hall–Kier alpha value is -14.7. The Balaban J connectivity index is 0.000000247. The summed E-state index contributed by atoms with van der Waals surface area (Å²) in [5, 5.41) is 69.7. The third-order valence-corrected chi connectivity index (χ3v) is 29.0. The Morgan fingerprint density at radius 1 is 0.533 bits per heavy atom. The van der Waals surface area contributed by atoms with Crippen LogP contribution in [0.1, 0.15) is 181 Å².